The van der Waals surface area contributed by atoms with Gasteiger partial charge in [-0.1, -0.05) is 0 Å². The van der Waals surface area contributed by atoms with Crippen molar-refractivity contribution >= 4 is 5.97 Å². The zero-order chi connectivity index (χ0) is 13.8. The summed E-state index contributed by atoms with van der Waals surface area (Å²) < 4.78 is 7.74. The van der Waals surface area contributed by atoms with Crippen molar-refractivity contribution in [2.24, 2.45) is 5.92 Å². The Morgan fingerprint density at radius 3 is 2.68 bits per heavy atom. The number of nitrogens with zero attached hydrogens (tertiary/aromatic N) is 2. The molecule has 1 saturated carbocycles. The van der Waals surface area contributed by atoms with Crippen LogP contribution in [0.1, 0.15) is 51.3 Å². The van der Waals surface area contributed by atoms with E-state index in [0.717, 1.165) is 31.4 Å². The first-order chi connectivity index (χ1) is 9.06. The molecule has 0 saturated heterocycles. The normalized spacial score (nSPS) is 23.7. The molecule has 106 valence electrons. The van der Waals surface area contributed by atoms with Crippen LogP contribution in [0.25, 0.3) is 0 Å². The van der Waals surface area contributed by atoms with E-state index in [4.69, 9.17) is 9.84 Å². The molecule has 2 rings (SSSR count). The Hall–Kier alpha value is -1.36. The van der Waals surface area contributed by atoms with E-state index >= 15 is 0 Å². The van der Waals surface area contributed by atoms with Crippen LogP contribution in [-0.2, 0) is 16.1 Å². The second kappa shape index (κ2) is 6.19. The van der Waals surface area contributed by atoms with Crippen molar-refractivity contribution in [3.8, 4) is 0 Å². The van der Waals surface area contributed by atoms with Crippen molar-refractivity contribution in [3.63, 3.8) is 0 Å². The monoisotopic (exact) mass is 266 g/mol. The van der Waals surface area contributed by atoms with Crippen LogP contribution < -0.4 is 0 Å². The zero-order valence-electron chi connectivity index (χ0n) is 11.6. The van der Waals surface area contributed by atoms with Crippen molar-refractivity contribution < 1.29 is 14.6 Å². The number of hydrogen-bond acceptors (Lipinski definition) is 3. The SMILES string of the molecule is CC(C)n1ccc(COC2CCC(C(=O)O)CC2)n1. The number of ether oxygens (including phenoxy) is 1. The summed E-state index contributed by atoms with van der Waals surface area (Å²) in [5.74, 6) is -0.853. The molecular weight excluding hydrogens is 244 g/mol. The molecular formula is C14H22N2O3. The van der Waals surface area contributed by atoms with Crippen molar-refractivity contribution in [3.05, 3.63) is 18.0 Å². The fourth-order valence-corrected chi connectivity index (χ4v) is 2.42. The Balaban J connectivity index is 1.75. The average Bonchev–Trinajstić information content (AvgIpc) is 2.86. The van der Waals surface area contributed by atoms with Crippen LogP contribution in [0.3, 0.4) is 0 Å². The molecule has 1 N–H and O–H groups in total. The summed E-state index contributed by atoms with van der Waals surface area (Å²) in [4.78, 5) is 10.9. The molecule has 0 aliphatic heterocycles. The first-order valence-corrected chi connectivity index (χ1v) is 6.94. The third-order valence-corrected chi connectivity index (χ3v) is 3.68. The highest BCUT2D eigenvalue weighted by Gasteiger charge is 2.26. The van der Waals surface area contributed by atoms with Crippen LogP contribution >= 0.6 is 0 Å². The third-order valence-electron chi connectivity index (χ3n) is 3.68. The fraction of sp³-hybridized carbons (Fsp3) is 0.714. The summed E-state index contributed by atoms with van der Waals surface area (Å²) in [6.07, 6.45) is 5.26. The number of rotatable bonds is 5. The number of hydrogen-bond donors (Lipinski definition) is 1. The Morgan fingerprint density at radius 2 is 2.16 bits per heavy atom. The maximum Gasteiger partial charge on any atom is 0.306 e. The highest BCUT2D eigenvalue weighted by atomic mass is 16.5. The molecule has 5 heteroatoms. The molecule has 0 bridgehead atoms. The van der Waals surface area contributed by atoms with E-state index in [2.05, 4.69) is 18.9 Å². The minimum absolute atomic E-state index is 0.180. The molecule has 5 nitrogen and oxygen atoms in total. The molecule has 0 aromatic carbocycles. The quantitative estimate of drug-likeness (QED) is 0.889. The molecule has 0 unspecified atom stereocenters. The Bertz CT molecular complexity index is 420. The van der Waals surface area contributed by atoms with Crippen LogP contribution in [-0.4, -0.2) is 27.0 Å². The van der Waals surface area contributed by atoms with Gasteiger partial charge in [0.2, 0.25) is 0 Å². The lowest BCUT2D eigenvalue weighted by atomic mass is 9.87. The highest BCUT2D eigenvalue weighted by Crippen LogP contribution is 2.26. The Morgan fingerprint density at radius 1 is 1.47 bits per heavy atom. The lowest BCUT2D eigenvalue weighted by Crippen LogP contribution is -2.26. The smallest absolute Gasteiger partial charge is 0.306 e. The molecule has 0 radical (unpaired) electrons. The van der Waals surface area contributed by atoms with Crippen LogP contribution in [0.4, 0.5) is 0 Å². The van der Waals surface area contributed by atoms with Crippen LogP contribution in [0.2, 0.25) is 0 Å². The van der Waals surface area contributed by atoms with Gasteiger partial charge in [0.15, 0.2) is 0 Å². The number of carboxylic acids is 1. The lowest BCUT2D eigenvalue weighted by Gasteiger charge is -2.25. The summed E-state index contributed by atoms with van der Waals surface area (Å²) in [6.45, 7) is 4.69. The summed E-state index contributed by atoms with van der Waals surface area (Å²) >= 11 is 0. The Kier molecular flexibility index (Phi) is 4.58. The molecule has 1 aliphatic carbocycles. The van der Waals surface area contributed by atoms with Crippen LogP contribution in [0, 0.1) is 5.92 Å². The molecule has 1 aliphatic rings. The molecule has 1 heterocycles. The van der Waals surface area contributed by atoms with E-state index in [1.807, 2.05) is 16.9 Å². The Labute approximate surface area is 113 Å². The van der Waals surface area contributed by atoms with E-state index in [1.165, 1.54) is 0 Å². The molecule has 0 atom stereocenters. The van der Waals surface area contributed by atoms with Crippen molar-refractivity contribution in [2.45, 2.75) is 58.3 Å². The van der Waals surface area contributed by atoms with Gasteiger partial charge >= 0.3 is 5.97 Å². The molecule has 0 amide bonds. The lowest BCUT2D eigenvalue weighted by molar-refractivity contribution is -0.143. The van der Waals surface area contributed by atoms with Gasteiger partial charge in [-0.25, -0.2) is 0 Å². The topological polar surface area (TPSA) is 64.3 Å². The van der Waals surface area contributed by atoms with Gasteiger partial charge in [0.1, 0.15) is 0 Å². The number of carbonyl (C=O) groups is 1. The summed E-state index contributed by atoms with van der Waals surface area (Å²) in [5.41, 5.74) is 0.939. The zero-order valence-corrected chi connectivity index (χ0v) is 11.6. The maximum atomic E-state index is 10.9. The van der Waals surface area contributed by atoms with E-state index in [0.29, 0.717) is 12.6 Å². The van der Waals surface area contributed by atoms with Crippen LogP contribution in [0.5, 0.6) is 0 Å². The van der Waals surface area contributed by atoms with Gasteiger partial charge in [-0.3, -0.25) is 9.48 Å². The predicted octanol–water partition coefficient (Wildman–Crippen LogP) is 2.62. The minimum atomic E-state index is -0.672. The molecule has 1 aromatic rings. The van der Waals surface area contributed by atoms with Crippen molar-refractivity contribution in [1.29, 1.82) is 0 Å². The summed E-state index contributed by atoms with van der Waals surface area (Å²) in [5, 5.41) is 13.4. The molecule has 1 fully saturated rings. The second-order valence-electron chi connectivity index (χ2n) is 5.50. The third kappa shape index (κ3) is 3.80. The van der Waals surface area contributed by atoms with E-state index in [9.17, 15) is 4.79 Å². The van der Waals surface area contributed by atoms with E-state index in [-0.39, 0.29) is 12.0 Å². The average molecular weight is 266 g/mol. The van der Waals surface area contributed by atoms with Crippen molar-refractivity contribution in [1.82, 2.24) is 9.78 Å². The van der Waals surface area contributed by atoms with Gasteiger partial charge in [0, 0.05) is 12.2 Å². The largest absolute Gasteiger partial charge is 0.481 e. The molecule has 19 heavy (non-hydrogen) atoms. The summed E-state index contributed by atoms with van der Waals surface area (Å²) in [7, 11) is 0. The van der Waals surface area contributed by atoms with Gasteiger partial charge in [-0.2, -0.15) is 5.10 Å². The maximum absolute atomic E-state index is 10.9. The van der Waals surface area contributed by atoms with Gasteiger partial charge in [0.05, 0.1) is 24.3 Å². The number of aliphatic carboxylic acids is 1. The van der Waals surface area contributed by atoms with Gasteiger partial charge in [-0.05, 0) is 45.6 Å². The van der Waals surface area contributed by atoms with E-state index in [1.54, 1.807) is 0 Å². The van der Waals surface area contributed by atoms with Crippen molar-refractivity contribution in [2.75, 3.05) is 0 Å². The first-order valence-electron chi connectivity index (χ1n) is 6.94. The molecule has 0 spiro atoms. The number of aromatic nitrogens is 2. The highest BCUT2D eigenvalue weighted by molar-refractivity contribution is 5.70. The molecule has 1 aromatic heterocycles. The second-order valence-corrected chi connectivity index (χ2v) is 5.50. The predicted molar refractivity (Wildman–Crippen MR) is 70.8 cm³/mol. The first kappa shape index (κ1) is 14.1. The van der Waals surface area contributed by atoms with Gasteiger partial charge in [-0.15, -0.1) is 0 Å². The van der Waals surface area contributed by atoms with Gasteiger partial charge < -0.3 is 9.84 Å². The van der Waals surface area contributed by atoms with Crippen LogP contribution in [0.15, 0.2) is 12.3 Å². The standard InChI is InChI=1S/C14H22N2O3/c1-10(2)16-8-7-12(15-16)9-19-13-5-3-11(4-6-13)14(17)18/h7-8,10-11,13H,3-6,9H2,1-2H3,(H,17,18). The van der Waals surface area contributed by atoms with Gasteiger partial charge in [0.25, 0.3) is 0 Å². The fourth-order valence-electron chi connectivity index (χ4n) is 2.42. The van der Waals surface area contributed by atoms with E-state index < -0.39 is 5.97 Å². The summed E-state index contributed by atoms with van der Waals surface area (Å²) in [6, 6.07) is 2.34. The number of carboxylic acid groups (broad SMARTS) is 1. The minimum Gasteiger partial charge on any atom is -0.481 e.